The molecule has 1 aromatic carbocycles. The van der Waals surface area contributed by atoms with E-state index in [0.717, 1.165) is 0 Å². The van der Waals surface area contributed by atoms with Gasteiger partial charge in [-0.15, -0.1) is 0 Å². The Morgan fingerprint density at radius 3 is 2.37 bits per heavy atom. The highest BCUT2D eigenvalue weighted by Crippen LogP contribution is 2.20. The van der Waals surface area contributed by atoms with Crippen LogP contribution in [0.3, 0.4) is 0 Å². The van der Waals surface area contributed by atoms with Gasteiger partial charge in [-0.2, -0.15) is 5.26 Å². The van der Waals surface area contributed by atoms with Crippen LogP contribution in [0.4, 0.5) is 0 Å². The molecule has 0 saturated carbocycles. The molecule has 0 N–H and O–H groups in total. The first-order valence-electron chi connectivity index (χ1n) is 5.45. The predicted molar refractivity (Wildman–Crippen MR) is 66.8 cm³/mol. The molecule has 5 nitrogen and oxygen atoms in total. The second-order valence-corrected chi connectivity index (χ2v) is 3.61. The second-order valence-electron chi connectivity index (χ2n) is 3.61. The number of benzene rings is 1. The first-order valence-corrected chi connectivity index (χ1v) is 5.45. The van der Waals surface area contributed by atoms with Crippen molar-refractivity contribution in [1.82, 2.24) is 4.98 Å². The van der Waals surface area contributed by atoms with Gasteiger partial charge in [0.25, 0.3) is 0 Å². The first-order chi connectivity index (χ1) is 9.22. The van der Waals surface area contributed by atoms with Gasteiger partial charge in [0.15, 0.2) is 0 Å². The maximum absolute atomic E-state index is 11.2. The highest BCUT2D eigenvalue weighted by Gasteiger charge is 2.06. The van der Waals surface area contributed by atoms with Crippen LogP contribution in [-0.4, -0.2) is 18.1 Å². The van der Waals surface area contributed by atoms with Gasteiger partial charge in [-0.05, 0) is 36.4 Å². The third-order valence-corrected chi connectivity index (χ3v) is 2.35. The van der Waals surface area contributed by atoms with E-state index in [1.807, 2.05) is 6.07 Å². The first kappa shape index (κ1) is 12.6. The van der Waals surface area contributed by atoms with Crippen LogP contribution in [0, 0.1) is 11.3 Å². The summed E-state index contributed by atoms with van der Waals surface area (Å²) < 4.78 is 10.1. The van der Waals surface area contributed by atoms with Gasteiger partial charge in [0.2, 0.25) is 0 Å². The molecule has 2 rings (SSSR count). The maximum atomic E-state index is 11.2. The lowest BCUT2D eigenvalue weighted by Gasteiger charge is -2.05. The van der Waals surface area contributed by atoms with E-state index < -0.39 is 5.97 Å². The number of ether oxygens (including phenoxy) is 2. The van der Waals surface area contributed by atoms with Gasteiger partial charge in [-0.25, -0.2) is 9.78 Å². The Morgan fingerprint density at radius 2 is 1.84 bits per heavy atom. The van der Waals surface area contributed by atoms with E-state index in [4.69, 9.17) is 10.00 Å². The lowest BCUT2D eigenvalue weighted by molar-refractivity contribution is 0.0594. The van der Waals surface area contributed by atoms with Crippen LogP contribution < -0.4 is 4.74 Å². The van der Waals surface area contributed by atoms with Crippen molar-refractivity contribution in [1.29, 1.82) is 5.26 Å². The van der Waals surface area contributed by atoms with Gasteiger partial charge >= 0.3 is 5.97 Å². The minimum atomic E-state index is -0.495. The highest BCUT2D eigenvalue weighted by molar-refractivity contribution is 5.87. The average Bonchev–Trinajstić information content (AvgIpc) is 2.48. The number of hydrogen-bond acceptors (Lipinski definition) is 5. The molecule has 0 amide bonds. The number of aromatic nitrogens is 1. The number of pyridine rings is 1. The summed E-state index contributed by atoms with van der Waals surface area (Å²) in [7, 11) is 1.30. The van der Waals surface area contributed by atoms with Crippen molar-refractivity contribution in [3.63, 3.8) is 0 Å². The van der Waals surface area contributed by atoms with Gasteiger partial charge in [0.05, 0.1) is 24.9 Å². The fourth-order valence-electron chi connectivity index (χ4n) is 1.40. The van der Waals surface area contributed by atoms with Crippen molar-refractivity contribution in [2.75, 3.05) is 7.11 Å². The van der Waals surface area contributed by atoms with E-state index in [1.54, 1.807) is 30.3 Å². The van der Waals surface area contributed by atoms with E-state index in [2.05, 4.69) is 9.72 Å². The molecule has 0 aliphatic carbocycles. The van der Waals surface area contributed by atoms with Crippen LogP contribution in [0.25, 0.3) is 0 Å². The molecule has 0 radical (unpaired) electrons. The maximum Gasteiger partial charge on any atom is 0.356 e. The average molecular weight is 254 g/mol. The molecule has 0 aliphatic heterocycles. The molecule has 1 aromatic heterocycles. The zero-order chi connectivity index (χ0) is 13.7. The number of nitriles is 1. The molecular weight excluding hydrogens is 244 g/mol. The van der Waals surface area contributed by atoms with Crippen LogP contribution in [0.5, 0.6) is 11.5 Å². The molecule has 2 aromatic rings. The third kappa shape index (κ3) is 3.07. The molecule has 0 fully saturated rings. The summed E-state index contributed by atoms with van der Waals surface area (Å²) >= 11 is 0. The summed E-state index contributed by atoms with van der Waals surface area (Å²) in [5.41, 5.74) is 0.779. The van der Waals surface area contributed by atoms with E-state index in [1.165, 1.54) is 19.4 Å². The molecule has 0 aliphatic rings. The summed E-state index contributed by atoms with van der Waals surface area (Å²) in [4.78, 5) is 15.1. The van der Waals surface area contributed by atoms with Crippen LogP contribution in [0.1, 0.15) is 16.1 Å². The van der Waals surface area contributed by atoms with Crippen LogP contribution in [0.2, 0.25) is 0 Å². The van der Waals surface area contributed by atoms with Crippen LogP contribution in [-0.2, 0) is 4.74 Å². The third-order valence-electron chi connectivity index (χ3n) is 2.35. The largest absolute Gasteiger partial charge is 0.464 e. The SMILES string of the molecule is COC(=O)c1ccc(Oc2ccc(C#N)cc2)cn1. The minimum Gasteiger partial charge on any atom is -0.464 e. The molecule has 0 atom stereocenters. The Balaban J connectivity index is 2.10. The smallest absolute Gasteiger partial charge is 0.356 e. The number of rotatable bonds is 3. The van der Waals surface area contributed by atoms with Gasteiger partial charge in [0, 0.05) is 0 Å². The fraction of sp³-hybridized carbons (Fsp3) is 0.0714. The quantitative estimate of drug-likeness (QED) is 0.787. The van der Waals surface area contributed by atoms with Crippen molar-refractivity contribution in [2.45, 2.75) is 0 Å². The van der Waals surface area contributed by atoms with Crippen LogP contribution in [0.15, 0.2) is 42.6 Å². The summed E-state index contributed by atoms with van der Waals surface area (Å²) in [5, 5.41) is 8.68. The Kier molecular flexibility index (Phi) is 3.74. The van der Waals surface area contributed by atoms with Crippen LogP contribution >= 0.6 is 0 Å². The van der Waals surface area contributed by atoms with Crippen molar-refractivity contribution < 1.29 is 14.3 Å². The molecule has 19 heavy (non-hydrogen) atoms. The van der Waals surface area contributed by atoms with Gasteiger partial charge in [-0.3, -0.25) is 0 Å². The molecule has 5 heteroatoms. The van der Waals surface area contributed by atoms with Crippen molar-refractivity contribution in [3.8, 4) is 17.6 Å². The summed E-state index contributed by atoms with van der Waals surface area (Å²) in [6.07, 6.45) is 1.43. The molecule has 0 saturated heterocycles. The molecule has 94 valence electrons. The number of hydrogen-bond donors (Lipinski definition) is 0. The predicted octanol–water partition coefficient (Wildman–Crippen LogP) is 2.53. The normalized spacial score (nSPS) is 9.47. The monoisotopic (exact) mass is 254 g/mol. The summed E-state index contributed by atoms with van der Waals surface area (Å²) in [6, 6.07) is 11.9. The highest BCUT2D eigenvalue weighted by atomic mass is 16.5. The van der Waals surface area contributed by atoms with E-state index in [-0.39, 0.29) is 5.69 Å². The molecule has 0 bridgehead atoms. The zero-order valence-corrected chi connectivity index (χ0v) is 10.2. The van der Waals surface area contributed by atoms with Gasteiger partial charge < -0.3 is 9.47 Å². The fourth-order valence-corrected chi connectivity index (χ4v) is 1.40. The Bertz CT molecular complexity index is 613. The van der Waals surface area contributed by atoms with Crippen molar-refractivity contribution >= 4 is 5.97 Å². The number of carbonyl (C=O) groups is 1. The van der Waals surface area contributed by atoms with E-state index in [9.17, 15) is 4.79 Å². The Labute approximate surface area is 110 Å². The summed E-state index contributed by atoms with van der Waals surface area (Å²) in [6.45, 7) is 0. The lowest BCUT2D eigenvalue weighted by atomic mass is 10.2. The molecule has 0 unspecified atom stereocenters. The standard InChI is InChI=1S/C14H10N2O3/c1-18-14(17)13-7-6-12(9-16-13)19-11-4-2-10(8-15)3-5-11/h2-7,9H,1H3. The Hall–Kier alpha value is -2.87. The minimum absolute atomic E-state index is 0.217. The van der Waals surface area contributed by atoms with Crippen molar-refractivity contribution in [2.24, 2.45) is 0 Å². The van der Waals surface area contributed by atoms with Crippen molar-refractivity contribution in [3.05, 3.63) is 53.9 Å². The Morgan fingerprint density at radius 1 is 1.16 bits per heavy atom. The number of carbonyl (C=O) groups excluding carboxylic acids is 1. The number of nitrogens with zero attached hydrogens (tertiary/aromatic N) is 2. The number of methoxy groups -OCH3 is 1. The zero-order valence-electron chi connectivity index (χ0n) is 10.2. The summed E-state index contributed by atoms with van der Waals surface area (Å²) in [5.74, 6) is 0.592. The van der Waals surface area contributed by atoms with Gasteiger partial charge in [-0.1, -0.05) is 0 Å². The molecule has 1 heterocycles. The topological polar surface area (TPSA) is 72.2 Å². The molecule has 0 spiro atoms. The second kappa shape index (κ2) is 5.65. The van der Waals surface area contributed by atoms with E-state index in [0.29, 0.717) is 17.1 Å². The molecular formula is C14H10N2O3. The van der Waals surface area contributed by atoms with E-state index >= 15 is 0 Å². The van der Waals surface area contributed by atoms with Gasteiger partial charge in [0.1, 0.15) is 17.2 Å². The number of esters is 1. The lowest BCUT2D eigenvalue weighted by Crippen LogP contribution is -2.03.